The zero-order valence-electron chi connectivity index (χ0n) is 19.0. The van der Waals surface area contributed by atoms with Gasteiger partial charge in [-0.1, -0.05) is 12.1 Å². The summed E-state index contributed by atoms with van der Waals surface area (Å²) in [5.74, 6) is 0.279. The van der Waals surface area contributed by atoms with Gasteiger partial charge in [0, 0.05) is 26.2 Å². The van der Waals surface area contributed by atoms with Crippen LogP contribution in [-0.2, 0) is 11.3 Å². The molecule has 0 saturated carbocycles. The van der Waals surface area contributed by atoms with Crippen molar-refractivity contribution >= 4 is 29.2 Å². The average Bonchev–Trinajstić information content (AvgIpc) is 3.14. The molecule has 1 amide bonds. The number of guanidine groups is 1. The van der Waals surface area contributed by atoms with Crippen LogP contribution >= 0.6 is 11.3 Å². The van der Waals surface area contributed by atoms with Gasteiger partial charge >= 0.3 is 5.97 Å². The van der Waals surface area contributed by atoms with Gasteiger partial charge in [-0.05, 0) is 45.4 Å². The number of rotatable bonds is 8. The van der Waals surface area contributed by atoms with E-state index in [2.05, 4.69) is 20.6 Å². The standard InChI is InChI=1S/C22H31N5O3S/c1-7-23-22(24-13-16-9-11-17(12-10-16)20(28)27(5)6)26-15(4)19-25-14(3)18(31-19)21(29)30-8-2/h9-12,15H,7-8,13H2,1-6H3,(H2,23,24,26). The number of carbonyl (C=O) groups is 2. The molecule has 8 nitrogen and oxygen atoms in total. The van der Waals surface area contributed by atoms with Crippen LogP contribution in [0.2, 0.25) is 0 Å². The number of aromatic nitrogens is 1. The summed E-state index contributed by atoms with van der Waals surface area (Å²) in [4.78, 5) is 35.3. The van der Waals surface area contributed by atoms with Crippen LogP contribution in [0.5, 0.6) is 0 Å². The Bertz CT molecular complexity index is 922. The van der Waals surface area contributed by atoms with Gasteiger partial charge in [0.2, 0.25) is 0 Å². The molecule has 0 radical (unpaired) electrons. The lowest BCUT2D eigenvalue weighted by Gasteiger charge is -2.16. The first kappa shape index (κ1) is 24.3. The quantitative estimate of drug-likeness (QED) is 0.368. The van der Waals surface area contributed by atoms with Crippen molar-refractivity contribution in [2.24, 2.45) is 4.99 Å². The van der Waals surface area contributed by atoms with Crippen molar-refractivity contribution in [2.75, 3.05) is 27.2 Å². The SMILES string of the molecule is CCNC(=NCc1ccc(C(=O)N(C)C)cc1)NC(C)c1nc(C)c(C(=O)OCC)s1. The van der Waals surface area contributed by atoms with Gasteiger partial charge in [0.05, 0.1) is 24.9 Å². The molecular weight excluding hydrogens is 414 g/mol. The third-order valence-corrected chi connectivity index (χ3v) is 5.69. The first-order chi connectivity index (χ1) is 14.8. The summed E-state index contributed by atoms with van der Waals surface area (Å²) in [6.07, 6.45) is 0. The Balaban J connectivity index is 2.08. The van der Waals surface area contributed by atoms with E-state index in [0.29, 0.717) is 41.8 Å². The molecule has 2 aromatic rings. The van der Waals surface area contributed by atoms with E-state index in [1.54, 1.807) is 25.9 Å². The summed E-state index contributed by atoms with van der Waals surface area (Å²) in [7, 11) is 3.46. The Morgan fingerprint density at radius 3 is 2.48 bits per heavy atom. The van der Waals surface area contributed by atoms with Gasteiger partial charge in [0.15, 0.2) is 5.96 Å². The monoisotopic (exact) mass is 445 g/mol. The number of nitrogens with one attached hydrogen (secondary N) is 2. The van der Waals surface area contributed by atoms with Crippen molar-refractivity contribution in [1.29, 1.82) is 0 Å². The second kappa shape index (κ2) is 11.5. The average molecular weight is 446 g/mol. The number of hydrogen-bond donors (Lipinski definition) is 2. The minimum atomic E-state index is -0.340. The molecule has 9 heteroatoms. The number of ether oxygens (including phenoxy) is 1. The molecule has 0 aliphatic rings. The molecule has 1 aromatic carbocycles. The number of amides is 1. The second-order valence-electron chi connectivity index (χ2n) is 7.14. The summed E-state index contributed by atoms with van der Waals surface area (Å²) >= 11 is 1.33. The Labute approximate surface area is 187 Å². The molecule has 168 valence electrons. The predicted octanol–water partition coefficient (Wildman–Crippen LogP) is 3.15. The fraction of sp³-hybridized carbons (Fsp3) is 0.455. The third kappa shape index (κ3) is 6.78. The van der Waals surface area contributed by atoms with Crippen molar-refractivity contribution < 1.29 is 14.3 Å². The lowest BCUT2D eigenvalue weighted by atomic mass is 10.1. The highest BCUT2D eigenvalue weighted by atomic mass is 32.1. The maximum Gasteiger partial charge on any atom is 0.350 e. The van der Waals surface area contributed by atoms with Crippen LogP contribution in [-0.4, -0.2) is 55.0 Å². The van der Waals surface area contributed by atoms with Crippen LogP contribution in [0.25, 0.3) is 0 Å². The summed E-state index contributed by atoms with van der Waals surface area (Å²) in [5, 5.41) is 7.35. The van der Waals surface area contributed by atoms with E-state index in [1.165, 1.54) is 11.3 Å². The number of aliphatic imine (C=N–C) groups is 1. The highest BCUT2D eigenvalue weighted by molar-refractivity contribution is 7.13. The Morgan fingerprint density at radius 1 is 1.23 bits per heavy atom. The topological polar surface area (TPSA) is 95.9 Å². The van der Waals surface area contributed by atoms with Crippen LogP contribution < -0.4 is 10.6 Å². The van der Waals surface area contributed by atoms with E-state index in [1.807, 2.05) is 45.0 Å². The van der Waals surface area contributed by atoms with Gasteiger partial charge in [-0.3, -0.25) is 4.79 Å². The number of carbonyl (C=O) groups excluding carboxylic acids is 2. The van der Waals surface area contributed by atoms with Gasteiger partial charge < -0.3 is 20.3 Å². The zero-order valence-corrected chi connectivity index (χ0v) is 19.8. The molecule has 31 heavy (non-hydrogen) atoms. The normalized spacial score (nSPS) is 12.3. The number of benzene rings is 1. The van der Waals surface area contributed by atoms with Crippen molar-refractivity contribution in [1.82, 2.24) is 20.5 Å². The van der Waals surface area contributed by atoms with Gasteiger partial charge in [0.1, 0.15) is 9.88 Å². The first-order valence-corrected chi connectivity index (χ1v) is 11.1. The van der Waals surface area contributed by atoms with Gasteiger partial charge in [-0.2, -0.15) is 0 Å². The molecule has 0 spiro atoms. The van der Waals surface area contributed by atoms with E-state index in [-0.39, 0.29) is 17.9 Å². The van der Waals surface area contributed by atoms with E-state index in [0.717, 1.165) is 10.6 Å². The Morgan fingerprint density at radius 2 is 1.90 bits per heavy atom. The third-order valence-electron chi connectivity index (χ3n) is 4.37. The molecule has 1 unspecified atom stereocenters. The highest BCUT2D eigenvalue weighted by Crippen LogP contribution is 2.24. The molecule has 1 atom stereocenters. The van der Waals surface area contributed by atoms with E-state index in [4.69, 9.17) is 4.74 Å². The molecule has 2 rings (SSSR count). The molecule has 2 N–H and O–H groups in total. The molecule has 0 fully saturated rings. The summed E-state index contributed by atoms with van der Waals surface area (Å²) in [6.45, 7) is 9.07. The van der Waals surface area contributed by atoms with Crippen molar-refractivity contribution in [3.05, 3.63) is 51.0 Å². The Kier molecular flexibility index (Phi) is 8.99. The van der Waals surface area contributed by atoms with Crippen LogP contribution in [0.3, 0.4) is 0 Å². The Hall–Kier alpha value is -2.94. The predicted molar refractivity (Wildman–Crippen MR) is 124 cm³/mol. The van der Waals surface area contributed by atoms with Crippen LogP contribution in [0.15, 0.2) is 29.3 Å². The first-order valence-electron chi connectivity index (χ1n) is 10.3. The molecule has 0 saturated heterocycles. The van der Waals surface area contributed by atoms with E-state index >= 15 is 0 Å². The number of esters is 1. The lowest BCUT2D eigenvalue weighted by Crippen LogP contribution is -2.38. The van der Waals surface area contributed by atoms with Crippen LogP contribution in [0.4, 0.5) is 0 Å². The number of nitrogens with zero attached hydrogens (tertiary/aromatic N) is 3. The van der Waals surface area contributed by atoms with Crippen molar-refractivity contribution in [3.8, 4) is 0 Å². The zero-order chi connectivity index (χ0) is 23.0. The number of aryl methyl sites for hydroxylation is 1. The fourth-order valence-corrected chi connectivity index (χ4v) is 3.72. The van der Waals surface area contributed by atoms with Crippen LogP contribution in [0.1, 0.15) is 63.1 Å². The number of thiazole rings is 1. The molecule has 0 bridgehead atoms. The smallest absolute Gasteiger partial charge is 0.350 e. The maximum atomic E-state index is 12.1. The van der Waals surface area contributed by atoms with Crippen molar-refractivity contribution in [2.45, 2.75) is 40.3 Å². The molecular formula is C22H31N5O3S. The van der Waals surface area contributed by atoms with Gasteiger partial charge in [-0.25, -0.2) is 14.8 Å². The molecule has 1 heterocycles. The summed E-state index contributed by atoms with van der Waals surface area (Å²) < 4.78 is 5.10. The summed E-state index contributed by atoms with van der Waals surface area (Å²) in [6, 6.07) is 7.30. The maximum absolute atomic E-state index is 12.1. The number of hydrogen-bond acceptors (Lipinski definition) is 6. The minimum absolute atomic E-state index is 0.0280. The molecule has 0 aliphatic heterocycles. The van der Waals surface area contributed by atoms with Gasteiger partial charge in [-0.15, -0.1) is 11.3 Å². The fourth-order valence-electron chi connectivity index (χ4n) is 2.76. The van der Waals surface area contributed by atoms with Crippen molar-refractivity contribution in [3.63, 3.8) is 0 Å². The minimum Gasteiger partial charge on any atom is -0.462 e. The van der Waals surface area contributed by atoms with Gasteiger partial charge in [0.25, 0.3) is 5.91 Å². The molecule has 1 aromatic heterocycles. The van der Waals surface area contributed by atoms with E-state index in [9.17, 15) is 9.59 Å². The lowest BCUT2D eigenvalue weighted by molar-refractivity contribution is 0.0530. The molecule has 0 aliphatic carbocycles. The second-order valence-corrected chi connectivity index (χ2v) is 8.18. The van der Waals surface area contributed by atoms with Crippen LogP contribution in [0, 0.1) is 6.92 Å². The van der Waals surface area contributed by atoms with E-state index < -0.39 is 0 Å². The summed E-state index contributed by atoms with van der Waals surface area (Å²) in [5.41, 5.74) is 2.31. The largest absolute Gasteiger partial charge is 0.462 e. The highest BCUT2D eigenvalue weighted by Gasteiger charge is 2.20.